The van der Waals surface area contributed by atoms with Gasteiger partial charge in [-0.2, -0.15) is 0 Å². The molecule has 2 aromatic rings. The molecule has 0 amide bonds. The predicted molar refractivity (Wildman–Crippen MR) is 58.4 cm³/mol. The highest BCUT2D eigenvalue weighted by molar-refractivity contribution is 5.70. The molecule has 0 aliphatic heterocycles. The van der Waals surface area contributed by atoms with Gasteiger partial charge < -0.3 is 4.74 Å². The van der Waals surface area contributed by atoms with Crippen molar-refractivity contribution in [1.29, 1.82) is 0 Å². The fraction of sp³-hybridized carbons (Fsp3) is 0.0769. The van der Waals surface area contributed by atoms with Crippen LogP contribution in [0.5, 0.6) is 5.75 Å². The maximum absolute atomic E-state index is 13.0. The lowest BCUT2D eigenvalue weighted by Crippen LogP contribution is -1.88. The van der Waals surface area contributed by atoms with E-state index in [1.165, 1.54) is 12.1 Å². The van der Waals surface area contributed by atoms with Gasteiger partial charge in [0.15, 0.2) is 0 Å². The average molecular weight is 202 g/mol. The van der Waals surface area contributed by atoms with Gasteiger partial charge in [-0.1, -0.05) is 30.3 Å². The van der Waals surface area contributed by atoms with Gasteiger partial charge in [-0.05, 0) is 17.7 Å². The van der Waals surface area contributed by atoms with Crippen LogP contribution in [0.1, 0.15) is 0 Å². The Bertz CT molecular complexity index is 451. The van der Waals surface area contributed by atoms with E-state index in [-0.39, 0.29) is 5.82 Å². The summed E-state index contributed by atoms with van der Waals surface area (Å²) in [4.78, 5) is 0. The van der Waals surface area contributed by atoms with Crippen molar-refractivity contribution in [3.05, 3.63) is 54.3 Å². The quantitative estimate of drug-likeness (QED) is 0.724. The largest absolute Gasteiger partial charge is 0.496 e. The molecule has 2 rings (SSSR count). The van der Waals surface area contributed by atoms with Crippen LogP contribution in [0.2, 0.25) is 0 Å². The van der Waals surface area contributed by atoms with Gasteiger partial charge in [0.2, 0.25) is 0 Å². The fourth-order valence-corrected chi connectivity index (χ4v) is 1.52. The number of methoxy groups -OCH3 is 1. The van der Waals surface area contributed by atoms with Crippen LogP contribution in [0.3, 0.4) is 0 Å². The zero-order valence-corrected chi connectivity index (χ0v) is 8.41. The first-order valence-electron chi connectivity index (χ1n) is 4.70. The molecule has 0 aromatic heterocycles. The Labute approximate surface area is 88.1 Å². The minimum absolute atomic E-state index is 0.286. The molecule has 0 aliphatic carbocycles. The smallest absolute Gasteiger partial charge is 0.129 e. The Morgan fingerprint density at radius 3 is 2.40 bits per heavy atom. The van der Waals surface area contributed by atoms with E-state index >= 15 is 0 Å². The number of hydrogen-bond donors (Lipinski definition) is 0. The molecule has 2 heteroatoms. The molecule has 0 saturated carbocycles. The maximum Gasteiger partial charge on any atom is 0.129 e. The third kappa shape index (κ3) is 1.99. The Hall–Kier alpha value is -1.83. The van der Waals surface area contributed by atoms with Crippen molar-refractivity contribution in [3.63, 3.8) is 0 Å². The van der Waals surface area contributed by atoms with Gasteiger partial charge in [0.25, 0.3) is 0 Å². The summed E-state index contributed by atoms with van der Waals surface area (Å²) < 4.78 is 18.1. The van der Waals surface area contributed by atoms with Crippen LogP contribution in [0, 0.1) is 5.82 Å². The van der Waals surface area contributed by atoms with E-state index in [2.05, 4.69) is 0 Å². The van der Waals surface area contributed by atoms with Crippen LogP contribution in [-0.4, -0.2) is 7.11 Å². The lowest BCUT2D eigenvalue weighted by molar-refractivity contribution is 0.413. The molecule has 0 N–H and O–H groups in total. The number of benzene rings is 2. The van der Waals surface area contributed by atoms with E-state index in [0.717, 1.165) is 11.1 Å². The average Bonchev–Trinajstić information content (AvgIpc) is 2.30. The number of hydrogen-bond acceptors (Lipinski definition) is 1. The molecule has 0 fully saturated rings. The van der Waals surface area contributed by atoms with E-state index in [1.54, 1.807) is 13.2 Å². The Kier molecular flexibility index (Phi) is 2.68. The van der Waals surface area contributed by atoms with E-state index in [1.807, 2.05) is 30.3 Å². The summed E-state index contributed by atoms with van der Waals surface area (Å²) in [5.41, 5.74) is 1.92. The van der Waals surface area contributed by atoms with Crippen LogP contribution >= 0.6 is 0 Å². The van der Waals surface area contributed by atoms with Gasteiger partial charge in [0.1, 0.15) is 11.6 Å². The van der Waals surface area contributed by atoms with Crippen molar-refractivity contribution < 1.29 is 9.13 Å². The molecule has 0 saturated heterocycles. The van der Waals surface area contributed by atoms with E-state index < -0.39 is 0 Å². The molecule has 0 unspecified atom stereocenters. The van der Waals surface area contributed by atoms with Crippen LogP contribution < -0.4 is 4.74 Å². The molecule has 0 radical (unpaired) electrons. The van der Waals surface area contributed by atoms with Crippen molar-refractivity contribution in [2.75, 3.05) is 7.11 Å². The van der Waals surface area contributed by atoms with E-state index in [0.29, 0.717) is 5.75 Å². The molecular weight excluding hydrogens is 191 g/mol. The number of rotatable bonds is 2. The lowest BCUT2D eigenvalue weighted by atomic mass is 10.0. The van der Waals surface area contributed by atoms with Crippen LogP contribution in [-0.2, 0) is 0 Å². The summed E-state index contributed by atoms with van der Waals surface area (Å²) in [5, 5.41) is 0. The molecule has 0 spiro atoms. The van der Waals surface area contributed by atoms with E-state index in [4.69, 9.17) is 4.74 Å². The summed E-state index contributed by atoms with van der Waals surface area (Å²) >= 11 is 0. The van der Waals surface area contributed by atoms with Crippen molar-refractivity contribution in [3.8, 4) is 16.9 Å². The topological polar surface area (TPSA) is 9.23 Å². The van der Waals surface area contributed by atoms with Crippen molar-refractivity contribution >= 4 is 0 Å². The second-order valence-electron chi connectivity index (χ2n) is 3.21. The standard InChI is InChI=1S/C13H11FO/c1-15-13-9-11(14)7-8-12(13)10-5-3-2-4-6-10/h2-9H,1H3. The SMILES string of the molecule is COc1cc(F)ccc1-c1ccccc1. The molecule has 15 heavy (non-hydrogen) atoms. The summed E-state index contributed by atoms with van der Waals surface area (Å²) in [7, 11) is 1.54. The molecule has 1 nitrogen and oxygen atoms in total. The second-order valence-corrected chi connectivity index (χ2v) is 3.21. The first-order valence-corrected chi connectivity index (χ1v) is 4.70. The molecule has 76 valence electrons. The van der Waals surface area contributed by atoms with Gasteiger partial charge >= 0.3 is 0 Å². The Morgan fingerprint density at radius 1 is 1.00 bits per heavy atom. The van der Waals surface area contributed by atoms with Gasteiger partial charge in [0.05, 0.1) is 7.11 Å². The minimum Gasteiger partial charge on any atom is -0.496 e. The molecule has 0 atom stereocenters. The molecule has 0 aliphatic rings. The first kappa shape index (κ1) is 9.71. The first-order chi connectivity index (χ1) is 7.31. The summed E-state index contributed by atoms with van der Waals surface area (Å²) in [6, 6.07) is 14.3. The van der Waals surface area contributed by atoms with Crippen LogP contribution in [0.15, 0.2) is 48.5 Å². The zero-order chi connectivity index (χ0) is 10.7. The summed E-state index contributed by atoms with van der Waals surface area (Å²) in [5.74, 6) is 0.271. The summed E-state index contributed by atoms with van der Waals surface area (Å²) in [6.45, 7) is 0. The maximum atomic E-state index is 13.0. The molecular formula is C13H11FO. The van der Waals surface area contributed by atoms with E-state index in [9.17, 15) is 4.39 Å². The van der Waals surface area contributed by atoms with Gasteiger partial charge in [0, 0.05) is 11.6 Å². The molecule has 2 aromatic carbocycles. The second kappa shape index (κ2) is 4.13. The zero-order valence-electron chi connectivity index (χ0n) is 8.41. The molecule has 0 bridgehead atoms. The normalized spacial score (nSPS) is 10.0. The number of ether oxygens (including phenoxy) is 1. The number of halogens is 1. The van der Waals surface area contributed by atoms with Crippen molar-refractivity contribution in [2.45, 2.75) is 0 Å². The Balaban J connectivity index is 2.53. The highest BCUT2D eigenvalue weighted by Gasteiger charge is 2.05. The van der Waals surface area contributed by atoms with Crippen LogP contribution in [0.25, 0.3) is 11.1 Å². The minimum atomic E-state index is -0.286. The third-order valence-electron chi connectivity index (χ3n) is 2.25. The van der Waals surface area contributed by atoms with Gasteiger partial charge in [-0.3, -0.25) is 0 Å². The van der Waals surface area contributed by atoms with Crippen molar-refractivity contribution in [1.82, 2.24) is 0 Å². The van der Waals surface area contributed by atoms with Gasteiger partial charge in [-0.25, -0.2) is 4.39 Å². The van der Waals surface area contributed by atoms with Gasteiger partial charge in [-0.15, -0.1) is 0 Å². The third-order valence-corrected chi connectivity index (χ3v) is 2.25. The monoisotopic (exact) mass is 202 g/mol. The predicted octanol–water partition coefficient (Wildman–Crippen LogP) is 3.50. The molecule has 0 heterocycles. The van der Waals surface area contributed by atoms with Crippen molar-refractivity contribution in [2.24, 2.45) is 0 Å². The highest BCUT2D eigenvalue weighted by atomic mass is 19.1. The lowest BCUT2D eigenvalue weighted by Gasteiger charge is -2.08. The highest BCUT2D eigenvalue weighted by Crippen LogP contribution is 2.29. The van der Waals surface area contributed by atoms with Crippen LogP contribution in [0.4, 0.5) is 4.39 Å². The summed E-state index contributed by atoms with van der Waals surface area (Å²) in [6.07, 6.45) is 0. The Morgan fingerprint density at radius 2 is 1.73 bits per heavy atom. The fourth-order valence-electron chi connectivity index (χ4n) is 1.52.